The minimum atomic E-state index is -0.828. The van der Waals surface area contributed by atoms with Crippen LogP contribution in [0.25, 0.3) is 10.9 Å². The molecule has 0 bridgehead atoms. The van der Waals surface area contributed by atoms with Crippen molar-refractivity contribution in [3.8, 4) is 0 Å². The fraction of sp³-hybridized carbons (Fsp3) is 0.261. The molecule has 1 aliphatic rings. The van der Waals surface area contributed by atoms with Gasteiger partial charge in [-0.25, -0.2) is 4.39 Å². The minimum absolute atomic E-state index is 0.0161. The molecule has 1 aliphatic carbocycles. The maximum Gasteiger partial charge on any atom is 0.247 e. The lowest BCUT2D eigenvalue weighted by atomic mass is 10.0. The first-order valence-electron chi connectivity index (χ1n) is 10.1. The topological polar surface area (TPSA) is 103 Å². The van der Waals surface area contributed by atoms with Crippen LogP contribution in [0.5, 0.6) is 0 Å². The maximum atomic E-state index is 14.1. The van der Waals surface area contributed by atoms with Crippen LogP contribution in [0.2, 0.25) is 0 Å². The van der Waals surface area contributed by atoms with E-state index in [9.17, 15) is 18.8 Å². The summed E-state index contributed by atoms with van der Waals surface area (Å²) in [6.45, 7) is 1.35. The molecule has 3 aromatic rings. The van der Waals surface area contributed by atoms with Crippen LogP contribution in [0, 0.1) is 11.7 Å². The van der Waals surface area contributed by atoms with Crippen LogP contribution in [0.3, 0.4) is 0 Å². The molecular weight excluding hydrogens is 399 g/mol. The number of amides is 3. The Morgan fingerprint density at radius 1 is 1.13 bits per heavy atom. The minimum Gasteiger partial charge on any atom is -0.361 e. The summed E-state index contributed by atoms with van der Waals surface area (Å²) in [7, 11) is 0. The van der Waals surface area contributed by atoms with Crippen LogP contribution < -0.4 is 16.0 Å². The lowest BCUT2D eigenvalue weighted by molar-refractivity contribution is -0.125. The van der Waals surface area contributed by atoms with Crippen molar-refractivity contribution in [3.63, 3.8) is 0 Å². The predicted molar refractivity (Wildman–Crippen MR) is 116 cm³/mol. The number of para-hydroxylation sites is 1. The van der Waals surface area contributed by atoms with Crippen molar-refractivity contribution >= 4 is 40.0 Å². The second-order valence-electron chi connectivity index (χ2n) is 7.76. The highest BCUT2D eigenvalue weighted by molar-refractivity contribution is 5.99. The zero-order chi connectivity index (χ0) is 22.0. The normalized spacial score (nSPS) is 14.1. The number of anilines is 2. The number of fused-ring (bicyclic) bond motifs is 1. The van der Waals surface area contributed by atoms with Crippen LogP contribution in [-0.2, 0) is 20.8 Å². The van der Waals surface area contributed by atoms with Gasteiger partial charge < -0.3 is 20.9 Å². The third-order valence-corrected chi connectivity index (χ3v) is 5.23. The highest BCUT2D eigenvalue weighted by Gasteiger charge is 2.30. The number of carbonyl (C=O) groups is 3. The molecule has 0 radical (unpaired) electrons. The number of halogens is 1. The molecule has 0 unspecified atom stereocenters. The summed E-state index contributed by atoms with van der Waals surface area (Å²) in [5.41, 5.74) is 2.17. The number of hydrogen-bond acceptors (Lipinski definition) is 3. The molecule has 1 saturated carbocycles. The zero-order valence-electron chi connectivity index (χ0n) is 17.0. The number of aromatic amines is 1. The van der Waals surface area contributed by atoms with Gasteiger partial charge in [0.05, 0.1) is 5.69 Å². The lowest BCUT2D eigenvalue weighted by Crippen LogP contribution is -2.44. The third kappa shape index (κ3) is 4.91. The van der Waals surface area contributed by atoms with Gasteiger partial charge in [0.15, 0.2) is 0 Å². The predicted octanol–water partition coefficient (Wildman–Crippen LogP) is 3.34. The quantitative estimate of drug-likeness (QED) is 0.470. The van der Waals surface area contributed by atoms with Crippen LogP contribution in [0.4, 0.5) is 15.8 Å². The molecule has 8 heteroatoms. The van der Waals surface area contributed by atoms with Crippen molar-refractivity contribution in [2.45, 2.75) is 32.2 Å². The van der Waals surface area contributed by atoms with Gasteiger partial charge >= 0.3 is 0 Å². The Hall–Kier alpha value is -3.68. The van der Waals surface area contributed by atoms with E-state index in [1.54, 1.807) is 0 Å². The Bertz CT molecular complexity index is 1150. The summed E-state index contributed by atoms with van der Waals surface area (Å²) in [5, 5.41) is 8.92. The standard InChI is InChI=1S/C23H23FN4O3/c1-13(29)26-21(10-15-12-25-19-5-3-2-4-17(15)19)23(31)27-16-8-9-18(24)20(11-16)28-22(30)14-6-7-14/h2-5,8-9,11-12,14,21,25H,6-7,10H2,1H3,(H,26,29)(H,27,31)(H,28,30)/t21-/m1/s1. The SMILES string of the molecule is CC(=O)N[C@H](Cc1c[nH]c2ccccc12)C(=O)Nc1ccc(F)c(NC(=O)C2CC2)c1. The monoisotopic (exact) mass is 422 g/mol. The van der Waals surface area contributed by atoms with Gasteiger partial charge in [-0.2, -0.15) is 0 Å². The lowest BCUT2D eigenvalue weighted by Gasteiger charge is -2.18. The molecule has 160 valence electrons. The van der Waals surface area contributed by atoms with Gasteiger partial charge in [-0.15, -0.1) is 0 Å². The Balaban J connectivity index is 1.51. The van der Waals surface area contributed by atoms with Gasteiger partial charge in [0.2, 0.25) is 17.7 Å². The zero-order valence-corrected chi connectivity index (χ0v) is 17.0. The fourth-order valence-corrected chi connectivity index (χ4v) is 3.48. The number of hydrogen-bond donors (Lipinski definition) is 4. The second-order valence-corrected chi connectivity index (χ2v) is 7.76. The number of rotatable bonds is 7. The average Bonchev–Trinajstić information content (AvgIpc) is 3.51. The first kappa shape index (κ1) is 20.6. The van der Waals surface area contributed by atoms with Gasteiger partial charge in [-0.1, -0.05) is 18.2 Å². The Kier molecular flexibility index (Phi) is 5.70. The molecule has 31 heavy (non-hydrogen) atoms. The molecule has 7 nitrogen and oxygen atoms in total. The molecule has 4 rings (SSSR count). The van der Waals surface area contributed by atoms with Crippen LogP contribution in [0.1, 0.15) is 25.3 Å². The number of nitrogens with one attached hydrogen (secondary N) is 4. The Labute approximate surface area is 178 Å². The van der Waals surface area contributed by atoms with E-state index in [1.165, 1.54) is 25.1 Å². The second kappa shape index (κ2) is 8.59. The van der Waals surface area contributed by atoms with Gasteiger partial charge in [-0.05, 0) is 42.7 Å². The fourth-order valence-electron chi connectivity index (χ4n) is 3.48. The average molecular weight is 422 g/mol. The van der Waals surface area contributed by atoms with E-state index in [1.807, 2.05) is 30.5 Å². The van der Waals surface area contributed by atoms with Gasteiger partial charge in [0.1, 0.15) is 11.9 Å². The molecule has 0 spiro atoms. The van der Waals surface area contributed by atoms with E-state index in [2.05, 4.69) is 20.9 Å². The Morgan fingerprint density at radius 3 is 2.65 bits per heavy atom. The van der Waals surface area contributed by atoms with E-state index in [0.717, 1.165) is 29.3 Å². The van der Waals surface area contributed by atoms with Crippen LogP contribution >= 0.6 is 0 Å². The molecule has 2 aromatic carbocycles. The number of carbonyl (C=O) groups excluding carboxylic acids is 3. The van der Waals surface area contributed by atoms with E-state index < -0.39 is 17.8 Å². The molecule has 1 fully saturated rings. The van der Waals surface area contributed by atoms with Crippen LogP contribution in [-0.4, -0.2) is 28.7 Å². The van der Waals surface area contributed by atoms with Crippen molar-refractivity contribution in [2.24, 2.45) is 5.92 Å². The summed E-state index contributed by atoms with van der Waals surface area (Å²) < 4.78 is 14.1. The smallest absolute Gasteiger partial charge is 0.247 e. The van der Waals surface area contributed by atoms with E-state index in [-0.39, 0.29) is 29.8 Å². The molecule has 4 N–H and O–H groups in total. The summed E-state index contributed by atoms with van der Waals surface area (Å²) in [4.78, 5) is 39.7. The van der Waals surface area contributed by atoms with Crippen molar-refractivity contribution in [1.82, 2.24) is 10.3 Å². The van der Waals surface area contributed by atoms with Crippen LogP contribution in [0.15, 0.2) is 48.7 Å². The number of benzene rings is 2. The van der Waals surface area contributed by atoms with Gasteiger partial charge in [0, 0.05) is 42.0 Å². The molecule has 3 amide bonds. The maximum absolute atomic E-state index is 14.1. The molecule has 0 saturated heterocycles. The van der Waals surface area contributed by atoms with Crippen molar-refractivity contribution < 1.29 is 18.8 Å². The summed E-state index contributed by atoms with van der Waals surface area (Å²) in [6.07, 6.45) is 3.70. The molecule has 1 heterocycles. The van der Waals surface area contributed by atoms with Gasteiger partial charge in [0.25, 0.3) is 0 Å². The van der Waals surface area contributed by atoms with E-state index in [4.69, 9.17) is 0 Å². The summed E-state index contributed by atoms with van der Waals surface area (Å²) in [5.74, 6) is -1.65. The summed E-state index contributed by atoms with van der Waals surface area (Å²) >= 11 is 0. The van der Waals surface area contributed by atoms with E-state index >= 15 is 0 Å². The third-order valence-electron chi connectivity index (χ3n) is 5.23. The highest BCUT2D eigenvalue weighted by Crippen LogP contribution is 2.31. The first-order chi connectivity index (χ1) is 14.9. The largest absolute Gasteiger partial charge is 0.361 e. The van der Waals surface area contributed by atoms with Crippen molar-refractivity contribution in [1.29, 1.82) is 0 Å². The molecule has 0 aliphatic heterocycles. The van der Waals surface area contributed by atoms with Gasteiger partial charge in [-0.3, -0.25) is 14.4 Å². The molecular formula is C23H23FN4O3. The van der Waals surface area contributed by atoms with Crippen molar-refractivity contribution in [3.05, 3.63) is 60.0 Å². The van der Waals surface area contributed by atoms with E-state index in [0.29, 0.717) is 5.69 Å². The molecule has 1 aromatic heterocycles. The highest BCUT2D eigenvalue weighted by atomic mass is 19.1. The van der Waals surface area contributed by atoms with Crippen molar-refractivity contribution in [2.75, 3.05) is 10.6 Å². The Morgan fingerprint density at radius 2 is 1.90 bits per heavy atom. The summed E-state index contributed by atoms with van der Waals surface area (Å²) in [6, 6.07) is 10.8. The number of aromatic nitrogens is 1. The first-order valence-corrected chi connectivity index (χ1v) is 10.1. The molecule has 1 atom stereocenters. The number of H-pyrrole nitrogens is 1.